The van der Waals surface area contributed by atoms with Crippen molar-refractivity contribution < 1.29 is 5.11 Å². The molecule has 3 aromatic rings. The molecule has 1 aromatic heterocycles. The number of anilines is 2. The Kier molecular flexibility index (Phi) is 3.55. The summed E-state index contributed by atoms with van der Waals surface area (Å²) in [4.78, 5) is 8.50. The molecule has 0 bridgehead atoms. The van der Waals surface area contributed by atoms with Crippen LogP contribution in [0.1, 0.15) is 5.56 Å². The van der Waals surface area contributed by atoms with Crippen LogP contribution in [0.2, 0.25) is 0 Å². The topological polar surface area (TPSA) is 84.1 Å². The number of hydrogen-bond donors (Lipinski definition) is 3. The van der Waals surface area contributed by atoms with E-state index in [0.717, 1.165) is 35.2 Å². The summed E-state index contributed by atoms with van der Waals surface area (Å²) in [5, 5.41) is 13.5. The second kappa shape index (κ2) is 5.66. The second-order valence-electron chi connectivity index (χ2n) is 4.84. The minimum absolute atomic E-state index is 0.283. The van der Waals surface area contributed by atoms with Crippen LogP contribution in [-0.4, -0.2) is 21.6 Å². The quantitative estimate of drug-likeness (QED) is 0.640. The van der Waals surface area contributed by atoms with E-state index >= 15 is 0 Å². The van der Waals surface area contributed by atoms with Gasteiger partial charge >= 0.3 is 0 Å². The van der Waals surface area contributed by atoms with Crippen LogP contribution in [0.25, 0.3) is 10.9 Å². The number of nitrogens with two attached hydrogens (primary N) is 1. The molecule has 5 heteroatoms. The van der Waals surface area contributed by atoms with Gasteiger partial charge in [0, 0.05) is 17.6 Å². The fourth-order valence-electron chi connectivity index (χ4n) is 2.20. The number of phenols is 1. The summed E-state index contributed by atoms with van der Waals surface area (Å²) in [6.07, 6.45) is 2.38. The number of nitrogen functional groups attached to an aromatic ring is 1. The molecule has 0 spiro atoms. The van der Waals surface area contributed by atoms with E-state index in [9.17, 15) is 5.11 Å². The Hall–Kier alpha value is -2.82. The van der Waals surface area contributed by atoms with E-state index in [-0.39, 0.29) is 5.75 Å². The third-order valence-electron chi connectivity index (χ3n) is 3.30. The summed E-state index contributed by atoms with van der Waals surface area (Å²) in [6, 6.07) is 12.8. The lowest BCUT2D eigenvalue weighted by atomic mass is 10.1. The van der Waals surface area contributed by atoms with Gasteiger partial charge in [0.25, 0.3) is 0 Å². The van der Waals surface area contributed by atoms with Crippen LogP contribution in [0.3, 0.4) is 0 Å². The van der Waals surface area contributed by atoms with E-state index in [1.54, 1.807) is 12.1 Å². The normalized spacial score (nSPS) is 10.7. The highest BCUT2D eigenvalue weighted by Crippen LogP contribution is 2.21. The van der Waals surface area contributed by atoms with Crippen LogP contribution >= 0.6 is 0 Å². The van der Waals surface area contributed by atoms with Crippen molar-refractivity contribution in [3.63, 3.8) is 0 Å². The molecule has 2 aromatic carbocycles. The first kappa shape index (κ1) is 13.2. The molecule has 106 valence electrons. The largest absolute Gasteiger partial charge is 0.508 e. The SMILES string of the molecule is Nc1ccc2c(NCCc3ccc(O)cc3)ncnc2c1. The van der Waals surface area contributed by atoms with Crippen molar-refractivity contribution in [3.05, 3.63) is 54.4 Å². The summed E-state index contributed by atoms with van der Waals surface area (Å²) in [5.74, 6) is 1.09. The Morgan fingerprint density at radius 3 is 2.67 bits per heavy atom. The highest BCUT2D eigenvalue weighted by molar-refractivity contribution is 5.90. The van der Waals surface area contributed by atoms with Gasteiger partial charge in [0.05, 0.1) is 5.52 Å². The fourth-order valence-corrected chi connectivity index (χ4v) is 2.20. The first-order chi connectivity index (χ1) is 10.2. The number of benzene rings is 2. The fraction of sp³-hybridized carbons (Fsp3) is 0.125. The number of hydrogen-bond acceptors (Lipinski definition) is 5. The van der Waals surface area contributed by atoms with Gasteiger partial charge in [0.15, 0.2) is 0 Å². The van der Waals surface area contributed by atoms with Crippen LogP contribution < -0.4 is 11.1 Å². The van der Waals surface area contributed by atoms with E-state index in [4.69, 9.17) is 5.73 Å². The number of aromatic hydroxyl groups is 1. The van der Waals surface area contributed by atoms with Gasteiger partial charge in [0.1, 0.15) is 17.9 Å². The summed E-state index contributed by atoms with van der Waals surface area (Å²) < 4.78 is 0. The standard InChI is InChI=1S/C16H16N4O/c17-12-3-6-14-15(9-12)19-10-20-16(14)18-8-7-11-1-4-13(21)5-2-11/h1-6,9-10,21H,7-8,17H2,(H,18,19,20). The Balaban J connectivity index is 1.72. The highest BCUT2D eigenvalue weighted by atomic mass is 16.3. The van der Waals surface area contributed by atoms with Gasteiger partial charge in [-0.25, -0.2) is 9.97 Å². The van der Waals surface area contributed by atoms with Crippen LogP contribution in [-0.2, 0) is 6.42 Å². The van der Waals surface area contributed by atoms with Crippen molar-refractivity contribution in [2.75, 3.05) is 17.6 Å². The number of nitrogens with zero attached hydrogens (tertiary/aromatic N) is 2. The highest BCUT2D eigenvalue weighted by Gasteiger charge is 2.03. The lowest BCUT2D eigenvalue weighted by Gasteiger charge is -2.08. The monoisotopic (exact) mass is 280 g/mol. The zero-order chi connectivity index (χ0) is 14.7. The van der Waals surface area contributed by atoms with E-state index < -0.39 is 0 Å². The lowest BCUT2D eigenvalue weighted by molar-refractivity contribution is 0.475. The van der Waals surface area contributed by atoms with Crippen LogP contribution in [0, 0.1) is 0 Å². The minimum Gasteiger partial charge on any atom is -0.508 e. The third kappa shape index (κ3) is 3.02. The molecule has 1 heterocycles. The maximum absolute atomic E-state index is 9.26. The predicted molar refractivity (Wildman–Crippen MR) is 84.3 cm³/mol. The molecular formula is C16H16N4O. The molecule has 0 aliphatic heterocycles. The number of nitrogens with one attached hydrogen (secondary N) is 1. The van der Waals surface area contributed by atoms with Crippen LogP contribution in [0.15, 0.2) is 48.8 Å². The maximum Gasteiger partial charge on any atom is 0.137 e. The van der Waals surface area contributed by atoms with Crippen molar-refractivity contribution >= 4 is 22.4 Å². The Morgan fingerprint density at radius 2 is 1.86 bits per heavy atom. The smallest absolute Gasteiger partial charge is 0.137 e. The molecule has 0 aliphatic carbocycles. The zero-order valence-electron chi connectivity index (χ0n) is 11.5. The molecular weight excluding hydrogens is 264 g/mol. The zero-order valence-corrected chi connectivity index (χ0v) is 11.5. The van der Waals surface area contributed by atoms with E-state index in [1.165, 1.54) is 6.33 Å². The van der Waals surface area contributed by atoms with Gasteiger partial charge in [0.2, 0.25) is 0 Å². The van der Waals surface area contributed by atoms with Crippen LogP contribution in [0.4, 0.5) is 11.5 Å². The number of phenolic OH excluding ortho intramolecular Hbond substituents is 1. The van der Waals surface area contributed by atoms with E-state index in [2.05, 4.69) is 15.3 Å². The van der Waals surface area contributed by atoms with Gasteiger partial charge in [-0.1, -0.05) is 12.1 Å². The molecule has 0 saturated heterocycles. The summed E-state index contributed by atoms with van der Waals surface area (Å²) in [7, 11) is 0. The average Bonchev–Trinajstić information content (AvgIpc) is 2.49. The van der Waals surface area contributed by atoms with Crippen molar-refractivity contribution in [1.82, 2.24) is 9.97 Å². The Morgan fingerprint density at radius 1 is 1.05 bits per heavy atom. The molecule has 0 radical (unpaired) electrons. The van der Waals surface area contributed by atoms with Crippen molar-refractivity contribution in [2.24, 2.45) is 0 Å². The molecule has 3 rings (SSSR count). The Bertz CT molecular complexity index is 756. The van der Waals surface area contributed by atoms with Gasteiger partial charge in [-0.2, -0.15) is 0 Å². The molecule has 0 fully saturated rings. The summed E-state index contributed by atoms with van der Waals surface area (Å²) in [6.45, 7) is 0.751. The summed E-state index contributed by atoms with van der Waals surface area (Å²) >= 11 is 0. The van der Waals surface area contributed by atoms with Gasteiger partial charge in [-0.3, -0.25) is 0 Å². The maximum atomic E-state index is 9.26. The predicted octanol–water partition coefficient (Wildman–Crippen LogP) is 2.57. The number of fused-ring (bicyclic) bond motifs is 1. The Labute approximate surface area is 122 Å². The molecule has 0 unspecified atom stereocenters. The molecule has 4 N–H and O–H groups in total. The first-order valence-corrected chi connectivity index (χ1v) is 6.74. The molecule has 21 heavy (non-hydrogen) atoms. The van der Waals surface area contributed by atoms with Gasteiger partial charge < -0.3 is 16.2 Å². The molecule has 0 amide bonds. The number of aromatic nitrogens is 2. The minimum atomic E-state index is 0.283. The van der Waals surface area contributed by atoms with Crippen molar-refractivity contribution in [1.29, 1.82) is 0 Å². The molecule has 0 saturated carbocycles. The molecule has 0 aliphatic rings. The molecule has 5 nitrogen and oxygen atoms in total. The van der Waals surface area contributed by atoms with Crippen LogP contribution in [0.5, 0.6) is 5.75 Å². The van der Waals surface area contributed by atoms with Gasteiger partial charge in [-0.05, 0) is 42.3 Å². The van der Waals surface area contributed by atoms with E-state index in [0.29, 0.717) is 5.69 Å². The second-order valence-corrected chi connectivity index (χ2v) is 4.84. The number of rotatable bonds is 4. The van der Waals surface area contributed by atoms with Gasteiger partial charge in [-0.15, -0.1) is 0 Å². The molecule has 0 atom stereocenters. The third-order valence-corrected chi connectivity index (χ3v) is 3.30. The van der Waals surface area contributed by atoms with E-state index in [1.807, 2.05) is 30.3 Å². The average molecular weight is 280 g/mol. The summed E-state index contributed by atoms with van der Waals surface area (Å²) in [5.41, 5.74) is 8.44. The lowest BCUT2D eigenvalue weighted by Crippen LogP contribution is -2.07. The first-order valence-electron chi connectivity index (χ1n) is 6.74. The van der Waals surface area contributed by atoms with Crippen molar-refractivity contribution in [2.45, 2.75) is 6.42 Å². The van der Waals surface area contributed by atoms with Crippen molar-refractivity contribution in [3.8, 4) is 5.75 Å².